The van der Waals surface area contributed by atoms with Gasteiger partial charge in [-0.1, -0.05) is 32.0 Å². The molecular formula is C21H30N6. The molecule has 0 amide bonds. The largest absolute Gasteiger partial charge is 0.370 e. The molecule has 0 radical (unpaired) electrons. The number of aromatic nitrogens is 1. The Morgan fingerprint density at radius 2 is 1.96 bits per heavy atom. The molecule has 0 unspecified atom stereocenters. The number of nitrogens with zero attached hydrogens (tertiary/aromatic N) is 4. The fourth-order valence-corrected chi connectivity index (χ4v) is 3.19. The second-order valence-electron chi connectivity index (χ2n) is 7.38. The number of nitrogens with two attached hydrogens (primary N) is 1. The lowest BCUT2D eigenvalue weighted by Crippen LogP contribution is -2.45. The molecule has 1 aliphatic rings. The highest BCUT2D eigenvalue weighted by atomic mass is 15.3. The molecule has 6 nitrogen and oxygen atoms in total. The van der Waals surface area contributed by atoms with E-state index >= 15 is 0 Å². The van der Waals surface area contributed by atoms with Gasteiger partial charge < -0.3 is 20.9 Å². The van der Waals surface area contributed by atoms with E-state index in [1.54, 1.807) is 0 Å². The Labute approximate surface area is 162 Å². The number of aliphatic imine (C=N–C) groups is 1. The van der Waals surface area contributed by atoms with E-state index < -0.39 is 0 Å². The molecule has 1 aliphatic heterocycles. The Hall–Kier alpha value is -2.60. The summed E-state index contributed by atoms with van der Waals surface area (Å²) in [6.45, 7) is 8.94. The van der Waals surface area contributed by atoms with Crippen molar-refractivity contribution in [2.45, 2.75) is 26.3 Å². The average molecular weight is 367 g/mol. The summed E-state index contributed by atoms with van der Waals surface area (Å²) in [5.74, 6) is 1.92. The van der Waals surface area contributed by atoms with Crippen LogP contribution in [0.3, 0.4) is 0 Å². The quantitative estimate of drug-likeness (QED) is 0.629. The smallest absolute Gasteiger partial charge is 0.193 e. The topological polar surface area (TPSA) is 69.8 Å². The molecule has 144 valence electrons. The van der Waals surface area contributed by atoms with Crippen LogP contribution < -0.4 is 16.0 Å². The molecule has 2 heterocycles. The minimum absolute atomic E-state index is 0.420. The lowest BCUT2D eigenvalue weighted by Gasteiger charge is -2.34. The number of hydrogen-bond acceptors (Lipinski definition) is 4. The zero-order valence-corrected chi connectivity index (χ0v) is 16.5. The Bertz CT molecular complexity index is 778. The summed E-state index contributed by atoms with van der Waals surface area (Å²) in [6.07, 6.45) is 1.85. The van der Waals surface area contributed by atoms with Gasteiger partial charge in [0.25, 0.3) is 0 Å². The number of guanidine groups is 1. The number of piperazine rings is 1. The maximum atomic E-state index is 6.12. The molecule has 0 atom stereocenters. The molecule has 1 fully saturated rings. The molecule has 0 spiro atoms. The van der Waals surface area contributed by atoms with Crippen molar-refractivity contribution in [2.75, 3.05) is 43.4 Å². The van der Waals surface area contributed by atoms with Crippen LogP contribution in [0.4, 0.5) is 11.5 Å². The molecule has 1 aromatic heterocycles. The van der Waals surface area contributed by atoms with Gasteiger partial charge in [-0.05, 0) is 36.7 Å². The van der Waals surface area contributed by atoms with E-state index in [-0.39, 0.29) is 0 Å². The Balaban J connectivity index is 1.68. The molecule has 1 saturated heterocycles. The van der Waals surface area contributed by atoms with Crippen molar-refractivity contribution in [1.82, 2.24) is 9.88 Å². The molecule has 2 aromatic rings. The van der Waals surface area contributed by atoms with Gasteiger partial charge in [0, 0.05) is 43.6 Å². The van der Waals surface area contributed by atoms with Gasteiger partial charge in [-0.25, -0.2) is 9.98 Å². The number of benzene rings is 1. The van der Waals surface area contributed by atoms with Gasteiger partial charge in [-0.2, -0.15) is 0 Å². The van der Waals surface area contributed by atoms with E-state index in [2.05, 4.69) is 64.2 Å². The third-order valence-electron chi connectivity index (χ3n) is 4.92. The monoisotopic (exact) mass is 366 g/mol. The summed E-state index contributed by atoms with van der Waals surface area (Å²) in [6, 6.07) is 12.3. The average Bonchev–Trinajstić information content (AvgIpc) is 2.67. The van der Waals surface area contributed by atoms with Gasteiger partial charge in [-0.3, -0.25) is 0 Å². The Morgan fingerprint density at radius 1 is 1.19 bits per heavy atom. The van der Waals surface area contributed by atoms with Crippen LogP contribution in [0.5, 0.6) is 0 Å². The Kier molecular flexibility index (Phi) is 6.29. The van der Waals surface area contributed by atoms with E-state index in [0.717, 1.165) is 43.2 Å². The second-order valence-corrected chi connectivity index (χ2v) is 7.38. The highest BCUT2D eigenvalue weighted by molar-refractivity contribution is 5.92. The molecule has 0 saturated carbocycles. The first-order chi connectivity index (χ1) is 13.0. The normalized spacial score (nSPS) is 16.0. The zero-order valence-electron chi connectivity index (χ0n) is 16.5. The highest BCUT2D eigenvalue weighted by Crippen LogP contribution is 2.20. The SMILES string of the molecule is CC(C)c1cccc(NC(N)=NCc2cccnc2N2CCN(C)CC2)c1. The summed E-state index contributed by atoms with van der Waals surface area (Å²) in [5.41, 5.74) is 9.47. The second kappa shape index (κ2) is 8.86. The van der Waals surface area contributed by atoms with Crippen LogP contribution in [0, 0.1) is 0 Å². The molecule has 27 heavy (non-hydrogen) atoms. The number of anilines is 2. The van der Waals surface area contributed by atoms with Crippen LogP contribution >= 0.6 is 0 Å². The van der Waals surface area contributed by atoms with Crippen LogP contribution in [0.2, 0.25) is 0 Å². The molecule has 3 N–H and O–H groups in total. The molecular weight excluding hydrogens is 336 g/mol. The van der Waals surface area contributed by atoms with Gasteiger partial charge in [0.05, 0.1) is 6.54 Å². The lowest BCUT2D eigenvalue weighted by atomic mass is 10.0. The molecule has 3 rings (SSSR count). The number of nitrogens with one attached hydrogen (secondary N) is 1. The summed E-state index contributed by atoms with van der Waals surface area (Å²) in [4.78, 5) is 13.8. The fraction of sp³-hybridized carbons (Fsp3) is 0.429. The summed E-state index contributed by atoms with van der Waals surface area (Å²) >= 11 is 0. The van der Waals surface area contributed by atoms with E-state index in [0.29, 0.717) is 18.4 Å². The van der Waals surface area contributed by atoms with Gasteiger partial charge in [0.2, 0.25) is 0 Å². The van der Waals surface area contributed by atoms with Crippen molar-refractivity contribution >= 4 is 17.5 Å². The number of pyridine rings is 1. The third kappa shape index (κ3) is 5.20. The number of rotatable bonds is 5. The summed E-state index contributed by atoms with van der Waals surface area (Å²) in [5, 5.41) is 3.20. The standard InChI is InChI=1S/C21H30N6/c1-16(2)17-6-4-8-19(14-17)25-21(22)24-15-18-7-5-9-23-20(18)27-12-10-26(3)11-13-27/h4-9,14,16H,10-13,15H2,1-3H3,(H3,22,24,25). The fourth-order valence-electron chi connectivity index (χ4n) is 3.19. The predicted octanol–water partition coefficient (Wildman–Crippen LogP) is 2.88. The third-order valence-corrected chi connectivity index (χ3v) is 4.92. The minimum atomic E-state index is 0.420. The first-order valence-electron chi connectivity index (χ1n) is 9.57. The zero-order chi connectivity index (χ0) is 19.2. The van der Waals surface area contributed by atoms with Crippen LogP contribution in [-0.4, -0.2) is 49.1 Å². The van der Waals surface area contributed by atoms with E-state index in [4.69, 9.17) is 5.73 Å². The highest BCUT2D eigenvalue weighted by Gasteiger charge is 2.17. The van der Waals surface area contributed by atoms with Crippen LogP contribution in [0.15, 0.2) is 47.6 Å². The van der Waals surface area contributed by atoms with Crippen LogP contribution in [0.25, 0.3) is 0 Å². The van der Waals surface area contributed by atoms with Crippen molar-refractivity contribution < 1.29 is 0 Å². The van der Waals surface area contributed by atoms with E-state index in [9.17, 15) is 0 Å². The first kappa shape index (κ1) is 19.2. The van der Waals surface area contributed by atoms with Crippen molar-refractivity contribution in [1.29, 1.82) is 0 Å². The van der Waals surface area contributed by atoms with Crippen LogP contribution in [-0.2, 0) is 6.54 Å². The van der Waals surface area contributed by atoms with Gasteiger partial charge >= 0.3 is 0 Å². The van der Waals surface area contributed by atoms with E-state index in [1.165, 1.54) is 5.56 Å². The Morgan fingerprint density at radius 3 is 2.70 bits per heavy atom. The molecule has 0 aliphatic carbocycles. The van der Waals surface area contributed by atoms with E-state index in [1.807, 2.05) is 24.4 Å². The summed E-state index contributed by atoms with van der Waals surface area (Å²) in [7, 11) is 2.15. The molecule has 1 aromatic carbocycles. The van der Waals surface area contributed by atoms with Gasteiger partial charge in [0.1, 0.15) is 5.82 Å². The number of likely N-dealkylation sites (N-methyl/N-ethyl adjacent to an activating group) is 1. The van der Waals surface area contributed by atoms with Gasteiger partial charge in [-0.15, -0.1) is 0 Å². The van der Waals surface area contributed by atoms with Crippen LogP contribution in [0.1, 0.15) is 30.9 Å². The van der Waals surface area contributed by atoms with Crippen molar-refractivity contribution in [3.8, 4) is 0 Å². The van der Waals surface area contributed by atoms with Crippen molar-refractivity contribution in [3.63, 3.8) is 0 Å². The number of hydrogen-bond donors (Lipinski definition) is 2. The minimum Gasteiger partial charge on any atom is -0.370 e. The van der Waals surface area contributed by atoms with Crippen molar-refractivity contribution in [2.24, 2.45) is 10.7 Å². The molecule has 0 bridgehead atoms. The lowest BCUT2D eigenvalue weighted by molar-refractivity contribution is 0.312. The summed E-state index contributed by atoms with van der Waals surface area (Å²) < 4.78 is 0. The maximum absolute atomic E-state index is 6.12. The predicted molar refractivity (Wildman–Crippen MR) is 113 cm³/mol. The molecule has 6 heteroatoms. The maximum Gasteiger partial charge on any atom is 0.193 e. The first-order valence-corrected chi connectivity index (χ1v) is 9.57. The van der Waals surface area contributed by atoms with Crippen molar-refractivity contribution in [3.05, 3.63) is 53.7 Å². The van der Waals surface area contributed by atoms with Gasteiger partial charge in [0.15, 0.2) is 5.96 Å².